The summed E-state index contributed by atoms with van der Waals surface area (Å²) in [6, 6.07) is 25.6. The van der Waals surface area contributed by atoms with Crippen LogP contribution in [0, 0.1) is 0 Å². The van der Waals surface area contributed by atoms with Crippen LogP contribution < -0.4 is 5.32 Å². The van der Waals surface area contributed by atoms with Crippen molar-refractivity contribution in [2.45, 2.75) is 32.0 Å². The van der Waals surface area contributed by atoms with Crippen LogP contribution in [-0.2, 0) is 25.9 Å². The van der Waals surface area contributed by atoms with E-state index in [1.807, 2.05) is 18.2 Å². The number of fused-ring (bicyclic) bond motifs is 1. The Hall–Kier alpha value is -1.84. The lowest BCUT2D eigenvalue weighted by Crippen LogP contribution is -2.44. The lowest BCUT2D eigenvalue weighted by molar-refractivity contribution is 0.170. The molecule has 29 heavy (non-hydrogen) atoms. The second kappa shape index (κ2) is 9.77. The van der Waals surface area contributed by atoms with Gasteiger partial charge in [0.05, 0.1) is 0 Å². The van der Waals surface area contributed by atoms with E-state index < -0.39 is 0 Å². The van der Waals surface area contributed by atoms with Crippen LogP contribution in [0.2, 0.25) is 10.0 Å². The van der Waals surface area contributed by atoms with Crippen LogP contribution in [0.15, 0.2) is 72.8 Å². The Morgan fingerprint density at radius 2 is 1.59 bits per heavy atom. The van der Waals surface area contributed by atoms with E-state index in [0.717, 1.165) is 49.1 Å². The molecule has 0 saturated carbocycles. The van der Waals surface area contributed by atoms with Gasteiger partial charge in [0.2, 0.25) is 0 Å². The third-order valence-corrected chi connectivity index (χ3v) is 6.13. The van der Waals surface area contributed by atoms with Crippen molar-refractivity contribution in [1.29, 1.82) is 0 Å². The fourth-order valence-corrected chi connectivity index (χ4v) is 4.40. The highest BCUT2D eigenvalue weighted by Gasteiger charge is 2.26. The largest absolute Gasteiger partial charge is 0.311 e. The number of rotatable bonds is 7. The zero-order valence-electron chi connectivity index (χ0n) is 16.5. The molecule has 4 heteroatoms. The Balaban J connectivity index is 1.42. The highest BCUT2D eigenvalue weighted by molar-refractivity contribution is 6.30. The van der Waals surface area contributed by atoms with E-state index in [-0.39, 0.29) is 0 Å². The average molecular weight is 425 g/mol. The molecule has 1 unspecified atom stereocenters. The first-order valence-electron chi connectivity index (χ1n) is 10.2. The summed E-state index contributed by atoms with van der Waals surface area (Å²) in [6.45, 7) is 3.82. The van der Waals surface area contributed by atoms with E-state index in [2.05, 4.69) is 64.8 Å². The molecule has 150 valence electrons. The fraction of sp³-hybridized carbons (Fsp3) is 0.280. The van der Waals surface area contributed by atoms with E-state index in [0.29, 0.717) is 6.04 Å². The summed E-state index contributed by atoms with van der Waals surface area (Å²) in [5.41, 5.74) is 5.43. The topological polar surface area (TPSA) is 15.3 Å². The number of hydrogen-bond donors (Lipinski definition) is 1. The standard InChI is InChI=1S/C25H26Cl2N2/c26-23-9-6-19(7-10-23)14-25-16-21-8-11-24(27)15-22(21)18-29(25)13-12-28-17-20-4-2-1-3-5-20/h1-11,15,25,28H,12-14,16-18H2. The van der Waals surface area contributed by atoms with Crippen molar-refractivity contribution >= 4 is 23.2 Å². The van der Waals surface area contributed by atoms with Crippen molar-refractivity contribution in [3.63, 3.8) is 0 Å². The maximum absolute atomic E-state index is 6.26. The molecule has 1 atom stereocenters. The van der Waals surface area contributed by atoms with Crippen LogP contribution in [0.1, 0.15) is 22.3 Å². The van der Waals surface area contributed by atoms with Crippen LogP contribution in [0.3, 0.4) is 0 Å². The molecule has 0 fully saturated rings. The van der Waals surface area contributed by atoms with Gasteiger partial charge >= 0.3 is 0 Å². The van der Waals surface area contributed by atoms with Crippen molar-refractivity contribution in [3.05, 3.63) is 105 Å². The molecule has 0 bridgehead atoms. The van der Waals surface area contributed by atoms with Gasteiger partial charge in [-0.2, -0.15) is 0 Å². The van der Waals surface area contributed by atoms with Gasteiger partial charge in [-0.3, -0.25) is 4.90 Å². The second-order valence-electron chi connectivity index (χ2n) is 7.73. The first-order valence-corrected chi connectivity index (χ1v) is 10.9. The van der Waals surface area contributed by atoms with Gasteiger partial charge in [0, 0.05) is 42.3 Å². The number of halogens is 2. The maximum atomic E-state index is 6.26. The van der Waals surface area contributed by atoms with Crippen LogP contribution in [0.4, 0.5) is 0 Å². The summed E-state index contributed by atoms with van der Waals surface area (Å²) in [6.07, 6.45) is 2.08. The van der Waals surface area contributed by atoms with Crippen LogP contribution >= 0.6 is 23.2 Å². The second-order valence-corrected chi connectivity index (χ2v) is 8.61. The van der Waals surface area contributed by atoms with Crippen molar-refractivity contribution in [2.24, 2.45) is 0 Å². The summed E-state index contributed by atoms with van der Waals surface area (Å²) in [5, 5.41) is 5.20. The number of nitrogens with zero attached hydrogens (tertiary/aromatic N) is 1. The van der Waals surface area contributed by atoms with Crippen molar-refractivity contribution in [3.8, 4) is 0 Å². The normalized spacial score (nSPS) is 16.6. The quantitative estimate of drug-likeness (QED) is 0.485. The molecule has 0 amide bonds. The predicted molar refractivity (Wildman–Crippen MR) is 123 cm³/mol. The first kappa shape index (κ1) is 20.4. The highest BCUT2D eigenvalue weighted by atomic mass is 35.5. The Kier molecular flexibility index (Phi) is 6.89. The van der Waals surface area contributed by atoms with Crippen LogP contribution in [-0.4, -0.2) is 24.0 Å². The lowest BCUT2D eigenvalue weighted by atomic mass is 9.90. The molecular weight excluding hydrogens is 399 g/mol. The van der Waals surface area contributed by atoms with E-state index in [1.165, 1.54) is 22.3 Å². The molecule has 0 saturated heterocycles. The third kappa shape index (κ3) is 5.61. The predicted octanol–water partition coefficient (Wildman–Crippen LogP) is 5.75. The SMILES string of the molecule is Clc1ccc(CC2Cc3ccc(Cl)cc3CN2CCNCc2ccccc2)cc1. The Labute approximate surface area is 183 Å². The molecule has 2 nitrogen and oxygen atoms in total. The molecule has 1 aliphatic rings. The summed E-state index contributed by atoms with van der Waals surface area (Å²) in [5.74, 6) is 0. The fourth-order valence-electron chi connectivity index (χ4n) is 4.08. The Morgan fingerprint density at radius 3 is 2.38 bits per heavy atom. The molecule has 3 aromatic carbocycles. The molecular formula is C25H26Cl2N2. The minimum absolute atomic E-state index is 0.475. The minimum Gasteiger partial charge on any atom is -0.311 e. The van der Waals surface area contributed by atoms with E-state index in [4.69, 9.17) is 23.2 Å². The monoisotopic (exact) mass is 424 g/mol. The molecule has 1 aliphatic heterocycles. The van der Waals surface area contributed by atoms with Gasteiger partial charge in [0.25, 0.3) is 0 Å². The molecule has 0 radical (unpaired) electrons. The molecule has 1 heterocycles. The van der Waals surface area contributed by atoms with Gasteiger partial charge in [-0.25, -0.2) is 0 Å². The summed E-state index contributed by atoms with van der Waals surface area (Å²) in [7, 11) is 0. The van der Waals surface area contributed by atoms with Gasteiger partial charge in [-0.1, -0.05) is 71.7 Å². The van der Waals surface area contributed by atoms with Crippen molar-refractivity contribution in [1.82, 2.24) is 10.2 Å². The zero-order valence-corrected chi connectivity index (χ0v) is 18.0. The highest BCUT2D eigenvalue weighted by Crippen LogP contribution is 2.28. The van der Waals surface area contributed by atoms with Crippen molar-refractivity contribution in [2.75, 3.05) is 13.1 Å². The smallest absolute Gasteiger partial charge is 0.0409 e. The van der Waals surface area contributed by atoms with Crippen molar-refractivity contribution < 1.29 is 0 Å². The molecule has 0 aromatic heterocycles. The maximum Gasteiger partial charge on any atom is 0.0409 e. The zero-order chi connectivity index (χ0) is 20.1. The van der Waals surface area contributed by atoms with Gasteiger partial charge in [0.15, 0.2) is 0 Å². The van der Waals surface area contributed by atoms with Gasteiger partial charge in [-0.05, 0) is 59.4 Å². The summed E-state index contributed by atoms with van der Waals surface area (Å²) >= 11 is 12.3. The Bertz CT molecular complexity index is 925. The van der Waals surface area contributed by atoms with Gasteiger partial charge in [-0.15, -0.1) is 0 Å². The summed E-state index contributed by atoms with van der Waals surface area (Å²) < 4.78 is 0. The summed E-state index contributed by atoms with van der Waals surface area (Å²) in [4.78, 5) is 2.59. The Morgan fingerprint density at radius 1 is 0.828 bits per heavy atom. The molecule has 0 aliphatic carbocycles. The molecule has 4 rings (SSSR count). The number of nitrogens with one attached hydrogen (secondary N) is 1. The van der Waals surface area contributed by atoms with Gasteiger partial charge in [0.1, 0.15) is 0 Å². The van der Waals surface area contributed by atoms with Crippen LogP contribution in [0.25, 0.3) is 0 Å². The average Bonchev–Trinajstić information content (AvgIpc) is 2.74. The third-order valence-electron chi connectivity index (χ3n) is 5.65. The number of benzene rings is 3. The molecule has 0 spiro atoms. The number of hydrogen-bond acceptors (Lipinski definition) is 2. The lowest BCUT2D eigenvalue weighted by Gasteiger charge is -2.37. The van der Waals surface area contributed by atoms with E-state index >= 15 is 0 Å². The minimum atomic E-state index is 0.475. The van der Waals surface area contributed by atoms with Gasteiger partial charge < -0.3 is 5.32 Å². The molecule has 3 aromatic rings. The first-order chi connectivity index (χ1) is 14.2. The van der Waals surface area contributed by atoms with Crippen LogP contribution in [0.5, 0.6) is 0 Å². The molecule has 1 N–H and O–H groups in total. The van der Waals surface area contributed by atoms with E-state index in [9.17, 15) is 0 Å². The van der Waals surface area contributed by atoms with E-state index in [1.54, 1.807) is 0 Å².